The summed E-state index contributed by atoms with van der Waals surface area (Å²) >= 11 is 0. The fourth-order valence-electron chi connectivity index (χ4n) is 9.61. The standard InChI is InChI=1S/C40H61N7O8/c1-27-25-44(34(49)54-36(2,3)4)18-11-19-46(27)33-41-29(24-30(42-33)45-20-21-47(38(26-45)16-17-38)35(50)55-37(5,6)7)31(43-51)28-12-10-14-39(32(28)48)13-8-9-15-40(39)52-22-23-53-40/h24,27-28,51H,8-23,25-26H2,1-7H3/b43-31-/t27-,28?,39-/m0/s1. The van der Waals surface area contributed by atoms with Crippen LogP contribution in [-0.2, 0) is 23.7 Å². The largest absolute Gasteiger partial charge is 0.444 e. The predicted molar refractivity (Wildman–Crippen MR) is 205 cm³/mol. The number of ketones is 1. The van der Waals surface area contributed by atoms with Crippen LogP contribution in [0.3, 0.4) is 0 Å². The second-order valence-electron chi connectivity index (χ2n) is 18.5. The molecule has 55 heavy (non-hydrogen) atoms. The molecule has 3 spiro atoms. The molecule has 4 heterocycles. The monoisotopic (exact) mass is 767 g/mol. The number of carbonyl (C=O) groups excluding carboxylic acids is 3. The van der Waals surface area contributed by atoms with E-state index in [4.69, 9.17) is 28.9 Å². The molecule has 6 aliphatic rings. The minimum absolute atomic E-state index is 0.00564. The van der Waals surface area contributed by atoms with Crippen LogP contribution in [0.4, 0.5) is 21.4 Å². The van der Waals surface area contributed by atoms with E-state index in [2.05, 4.69) is 15.0 Å². The molecule has 3 saturated heterocycles. The number of aromatic nitrogens is 2. The van der Waals surface area contributed by atoms with Gasteiger partial charge in [0.05, 0.1) is 35.8 Å². The Morgan fingerprint density at radius 3 is 2.22 bits per heavy atom. The molecule has 1 aromatic heterocycles. The molecule has 1 aromatic rings. The van der Waals surface area contributed by atoms with Crippen molar-refractivity contribution < 1.29 is 38.5 Å². The molecule has 6 fully saturated rings. The maximum Gasteiger partial charge on any atom is 0.410 e. The van der Waals surface area contributed by atoms with Gasteiger partial charge in [-0.05, 0) is 93.4 Å². The summed E-state index contributed by atoms with van der Waals surface area (Å²) in [6, 6.07) is 1.66. The molecular weight excluding hydrogens is 706 g/mol. The van der Waals surface area contributed by atoms with Crippen LogP contribution in [0.5, 0.6) is 0 Å². The third-order valence-corrected chi connectivity index (χ3v) is 12.3. The fourth-order valence-corrected chi connectivity index (χ4v) is 9.61. The first-order valence-electron chi connectivity index (χ1n) is 20.4. The van der Waals surface area contributed by atoms with E-state index < -0.39 is 28.3 Å². The third-order valence-electron chi connectivity index (χ3n) is 12.3. The lowest BCUT2D eigenvalue weighted by Gasteiger charge is -2.52. The van der Waals surface area contributed by atoms with Crippen molar-refractivity contribution in [3.63, 3.8) is 0 Å². The molecule has 0 bridgehead atoms. The Balaban J connectivity index is 1.23. The van der Waals surface area contributed by atoms with Crippen LogP contribution in [0.1, 0.15) is 118 Å². The number of nitrogens with zero attached hydrogens (tertiary/aromatic N) is 7. The third kappa shape index (κ3) is 7.71. The average Bonchev–Trinajstić information content (AvgIpc) is 3.76. The highest BCUT2D eigenvalue weighted by Crippen LogP contribution is 2.56. The lowest BCUT2D eigenvalue weighted by molar-refractivity contribution is -0.255. The highest BCUT2D eigenvalue weighted by atomic mass is 16.7. The number of hydrogen-bond donors (Lipinski definition) is 1. The Morgan fingerprint density at radius 2 is 1.55 bits per heavy atom. The topological polar surface area (TPSA) is 159 Å². The maximum atomic E-state index is 14.9. The Bertz CT molecular complexity index is 1660. The van der Waals surface area contributed by atoms with Crippen LogP contribution in [-0.4, -0.2) is 130 Å². The smallest absolute Gasteiger partial charge is 0.410 e. The molecule has 3 aliphatic carbocycles. The van der Waals surface area contributed by atoms with E-state index in [9.17, 15) is 19.6 Å². The molecule has 3 aliphatic heterocycles. The number of carbonyl (C=O) groups is 3. The predicted octanol–water partition coefficient (Wildman–Crippen LogP) is 5.75. The Morgan fingerprint density at radius 1 is 0.873 bits per heavy atom. The van der Waals surface area contributed by atoms with Crippen molar-refractivity contribution in [3.05, 3.63) is 11.8 Å². The number of oxime groups is 1. The number of amides is 2. The minimum atomic E-state index is -0.947. The molecule has 304 valence electrons. The molecule has 0 aromatic carbocycles. The second kappa shape index (κ2) is 14.7. The highest BCUT2D eigenvalue weighted by Gasteiger charge is 2.63. The number of rotatable bonds is 4. The Labute approximate surface area is 325 Å². The van der Waals surface area contributed by atoms with Gasteiger partial charge in [-0.15, -0.1) is 0 Å². The zero-order valence-corrected chi connectivity index (χ0v) is 33.9. The Kier molecular flexibility index (Phi) is 10.5. The van der Waals surface area contributed by atoms with Gasteiger partial charge in [0.15, 0.2) is 11.6 Å². The van der Waals surface area contributed by atoms with Gasteiger partial charge in [0.2, 0.25) is 5.95 Å². The summed E-state index contributed by atoms with van der Waals surface area (Å²) in [6.07, 6.45) is 6.83. The molecule has 15 nitrogen and oxygen atoms in total. The average molecular weight is 768 g/mol. The molecule has 15 heteroatoms. The number of fused-ring (bicyclic) bond motifs is 1. The van der Waals surface area contributed by atoms with Gasteiger partial charge in [-0.1, -0.05) is 18.0 Å². The van der Waals surface area contributed by atoms with Gasteiger partial charge in [-0.3, -0.25) is 9.69 Å². The van der Waals surface area contributed by atoms with Gasteiger partial charge in [-0.2, -0.15) is 4.98 Å². The zero-order chi connectivity index (χ0) is 39.4. The first kappa shape index (κ1) is 39.5. The van der Waals surface area contributed by atoms with Gasteiger partial charge in [0, 0.05) is 57.8 Å². The molecule has 1 N–H and O–H groups in total. The SMILES string of the molecule is C[C@H]1CN(C(=O)OC(C)(C)C)CCCN1c1nc(/C(=N\O)C2CCC[C@@]3(CCCCC34OCCO4)C2=O)cc(N2CCN(C(=O)OC(C)(C)C)C3(CC3)C2)n1. The van der Waals surface area contributed by atoms with E-state index >= 15 is 0 Å². The van der Waals surface area contributed by atoms with E-state index in [1.165, 1.54) is 0 Å². The number of anilines is 2. The summed E-state index contributed by atoms with van der Waals surface area (Å²) in [4.78, 5) is 59.5. The lowest BCUT2D eigenvalue weighted by Crippen LogP contribution is -2.60. The summed E-state index contributed by atoms with van der Waals surface area (Å²) in [5, 5.41) is 14.7. The normalized spacial score (nSPS) is 28.5. The van der Waals surface area contributed by atoms with E-state index in [1.54, 1.807) is 4.90 Å². The van der Waals surface area contributed by atoms with Crippen LogP contribution >= 0.6 is 0 Å². The summed E-state index contributed by atoms with van der Waals surface area (Å²) in [5.41, 5.74) is -1.80. The van der Waals surface area contributed by atoms with Crippen molar-refractivity contribution in [3.8, 4) is 0 Å². The molecule has 2 amide bonds. The van der Waals surface area contributed by atoms with Gasteiger partial charge in [-0.25, -0.2) is 14.6 Å². The molecule has 3 saturated carbocycles. The molecule has 3 atom stereocenters. The van der Waals surface area contributed by atoms with Gasteiger partial charge >= 0.3 is 12.2 Å². The zero-order valence-electron chi connectivity index (χ0n) is 33.9. The van der Waals surface area contributed by atoms with Crippen LogP contribution in [0.15, 0.2) is 11.2 Å². The highest BCUT2D eigenvalue weighted by molar-refractivity contribution is 6.14. The van der Waals surface area contributed by atoms with Crippen molar-refractivity contribution in [1.29, 1.82) is 0 Å². The second-order valence-corrected chi connectivity index (χ2v) is 18.5. The first-order valence-corrected chi connectivity index (χ1v) is 20.4. The van der Waals surface area contributed by atoms with E-state index in [1.807, 2.05) is 59.4 Å². The van der Waals surface area contributed by atoms with Crippen molar-refractivity contribution in [1.82, 2.24) is 19.8 Å². The van der Waals surface area contributed by atoms with Crippen molar-refractivity contribution >= 4 is 35.4 Å². The number of hydrogen-bond acceptors (Lipinski definition) is 13. The maximum absolute atomic E-state index is 14.9. The van der Waals surface area contributed by atoms with Crippen molar-refractivity contribution in [2.45, 2.75) is 141 Å². The first-order chi connectivity index (χ1) is 26.0. The quantitative estimate of drug-likeness (QED) is 0.225. The number of ether oxygens (including phenoxy) is 4. The van der Waals surface area contributed by atoms with E-state index in [-0.39, 0.29) is 35.3 Å². The van der Waals surface area contributed by atoms with Gasteiger partial charge < -0.3 is 38.9 Å². The van der Waals surface area contributed by atoms with E-state index in [0.717, 1.165) is 32.1 Å². The summed E-state index contributed by atoms with van der Waals surface area (Å²) in [6.45, 7) is 17.2. The number of piperazine rings is 1. The molecule has 7 rings (SSSR count). The van der Waals surface area contributed by atoms with Gasteiger partial charge in [0.25, 0.3) is 0 Å². The van der Waals surface area contributed by atoms with Crippen molar-refractivity contribution in [2.75, 3.05) is 62.3 Å². The lowest BCUT2D eigenvalue weighted by atomic mass is 9.57. The van der Waals surface area contributed by atoms with Gasteiger partial charge in [0.1, 0.15) is 22.7 Å². The summed E-state index contributed by atoms with van der Waals surface area (Å²) in [7, 11) is 0. The molecule has 1 unspecified atom stereocenters. The van der Waals surface area contributed by atoms with Crippen LogP contribution in [0.2, 0.25) is 0 Å². The number of Topliss-reactive ketones (excluding diaryl/α,β-unsaturated/α-hetero) is 1. The Hall–Kier alpha value is -3.72. The molecular formula is C40H61N7O8. The fraction of sp³-hybridized carbons (Fsp3) is 0.800. The minimum Gasteiger partial charge on any atom is -0.444 e. The van der Waals surface area contributed by atoms with Crippen LogP contribution < -0.4 is 9.80 Å². The molecule has 0 radical (unpaired) electrons. The van der Waals surface area contributed by atoms with Crippen LogP contribution in [0, 0.1) is 11.3 Å². The summed E-state index contributed by atoms with van der Waals surface area (Å²) in [5.74, 6) is -0.598. The van der Waals surface area contributed by atoms with Crippen LogP contribution in [0.25, 0.3) is 0 Å². The van der Waals surface area contributed by atoms with E-state index in [0.29, 0.717) is 102 Å². The summed E-state index contributed by atoms with van der Waals surface area (Å²) < 4.78 is 24.1. The van der Waals surface area contributed by atoms with Crippen molar-refractivity contribution in [2.24, 2.45) is 16.5 Å².